The minimum atomic E-state index is 0.0921. The quantitative estimate of drug-likeness (QED) is 0.601. The maximum Gasteiger partial charge on any atom is 0.123 e. The third kappa shape index (κ3) is 7.45. The zero-order chi connectivity index (χ0) is 17.9. The summed E-state index contributed by atoms with van der Waals surface area (Å²) in [6, 6.07) is 16.0. The molecule has 0 saturated carbocycles. The van der Waals surface area contributed by atoms with E-state index in [-0.39, 0.29) is 12.6 Å². The zero-order valence-corrected chi connectivity index (χ0v) is 15.3. The number of rotatable bonds is 11. The van der Waals surface area contributed by atoms with E-state index in [0.717, 1.165) is 17.7 Å². The second-order valence-electron chi connectivity index (χ2n) is 5.91. The summed E-state index contributed by atoms with van der Waals surface area (Å²) in [7, 11) is 0. The second kappa shape index (κ2) is 11.1. The smallest absolute Gasteiger partial charge is 0.123 e. The Kier molecular flexibility index (Phi) is 8.77. The van der Waals surface area contributed by atoms with Crippen LogP contribution in [0.15, 0.2) is 48.5 Å². The highest BCUT2D eigenvalue weighted by Gasteiger charge is 2.06. The molecule has 5 heteroatoms. The molecule has 2 rings (SSSR count). The normalized spacial score (nSPS) is 12.1. The lowest BCUT2D eigenvalue weighted by Crippen LogP contribution is -2.32. The lowest BCUT2D eigenvalue weighted by Gasteiger charge is -2.13. The first kappa shape index (κ1) is 19.7. The number of nitrogens with one attached hydrogen (secondary N) is 1. The van der Waals surface area contributed by atoms with Gasteiger partial charge in [0.05, 0.1) is 19.8 Å². The Morgan fingerprint density at radius 1 is 1.08 bits per heavy atom. The van der Waals surface area contributed by atoms with Crippen LogP contribution in [-0.2, 0) is 11.2 Å². The van der Waals surface area contributed by atoms with E-state index in [1.54, 1.807) is 0 Å². The number of ether oxygens (including phenoxy) is 2. The summed E-state index contributed by atoms with van der Waals surface area (Å²) >= 11 is 6.13. The molecule has 0 aliphatic carbocycles. The monoisotopic (exact) mass is 363 g/mol. The van der Waals surface area contributed by atoms with E-state index in [9.17, 15) is 0 Å². The number of aliphatic hydroxyl groups is 1. The summed E-state index contributed by atoms with van der Waals surface area (Å²) in [6.07, 6.45) is 0.778. The van der Waals surface area contributed by atoms with Crippen molar-refractivity contribution >= 4 is 11.6 Å². The van der Waals surface area contributed by atoms with Crippen molar-refractivity contribution in [3.05, 3.63) is 64.7 Å². The SMILES string of the molecule is C[C@@H](CO)NCCOCCOc1ccc(Cl)cc1Cc1ccccc1. The van der Waals surface area contributed by atoms with Crippen LogP contribution in [-0.4, -0.2) is 44.1 Å². The molecule has 1 atom stereocenters. The van der Waals surface area contributed by atoms with Gasteiger partial charge >= 0.3 is 0 Å². The molecule has 0 heterocycles. The average molecular weight is 364 g/mol. The lowest BCUT2D eigenvalue weighted by molar-refractivity contribution is 0.0986. The molecule has 4 nitrogen and oxygen atoms in total. The first-order valence-corrected chi connectivity index (χ1v) is 8.94. The van der Waals surface area contributed by atoms with Crippen LogP contribution in [0.5, 0.6) is 5.75 Å². The van der Waals surface area contributed by atoms with Gasteiger partial charge in [-0.3, -0.25) is 0 Å². The maximum atomic E-state index is 8.92. The largest absolute Gasteiger partial charge is 0.491 e. The minimum Gasteiger partial charge on any atom is -0.491 e. The second-order valence-corrected chi connectivity index (χ2v) is 6.35. The van der Waals surface area contributed by atoms with Crippen molar-refractivity contribution in [2.75, 3.05) is 33.0 Å². The van der Waals surface area contributed by atoms with E-state index in [2.05, 4.69) is 17.4 Å². The van der Waals surface area contributed by atoms with Crippen molar-refractivity contribution in [3.63, 3.8) is 0 Å². The van der Waals surface area contributed by atoms with Crippen molar-refractivity contribution in [1.82, 2.24) is 5.32 Å². The Morgan fingerprint density at radius 3 is 2.64 bits per heavy atom. The van der Waals surface area contributed by atoms with Crippen molar-refractivity contribution in [2.45, 2.75) is 19.4 Å². The van der Waals surface area contributed by atoms with E-state index in [1.165, 1.54) is 5.56 Å². The van der Waals surface area contributed by atoms with E-state index in [4.69, 9.17) is 26.2 Å². The first-order valence-electron chi connectivity index (χ1n) is 8.56. The molecule has 0 saturated heterocycles. The van der Waals surface area contributed by atoms with Gasteiger partial charge in [-0.1, -0.05) is 41.9 Å². The summed E-state index contributed by atoms with van der Waals surface area (Å²) in [5.74, 6) is 0.837. The van der Waals surface area contributed by atoms with Crippen molar-refractivity contribution in [2.24, 2.45) is 0 Å². The summed E-state index contributed by atoms with van der Waals surface area (Å²) < 4.78 is 11.4. The predicted octanol–water partition coefficient (Wildman–Crippen LogP) is 3.30. The van der Waals surface area contributed by atoms with E-state index < -0.39 is 0 Å². The molecule has 25 heavy (non-hydrogen) atoms. The Labute approximate surface area is 154 Å². The maximum absolute atomic E-state index is 8.92. The topological polar surface area (TPSA) is 50.7 Å². The van der Waals surface area contributed by atoms with Crippen LogP contribution in [0.3, 0.4) is 0 Å². The van der Waals surface area contributed by atoms with Crippen LogP contribution in [0, 0.1) is 0 Å². The van der Waals surface area contributed by atoms with Gasteiger partial charge < -0.3 is 19.9 Å². The Hall–Kier alpha value is -1.59. The van der Waals surface area contributed by atoms with E-state index >= 15 is 0 Å². The van der Waals surface area contributed by atoms with Crippen LogP contribution in [0.25, 0.3) is 0 Å². The predicted molar refractivity (Wildman–Crippen MR) is 102 cm³/mol. The molecule has 0 fully saturated rings. The number of benzene rings is 2. The van der Waals surface area contributed by atoms with Crippen molar-refractivity contribution in [1.29, 1.82) is 0 Å². The number of hydrogen-bond donors (Lipinski definition) is 2. The molecule has 0 amide bonds. The van der Waals surface area contributed by atoms with Gasteiger partial charge in [-0.2, -0.15) is 0 Å². The Bertz CT molecular complexity index is 622. The summed E-state index contributed by atoms with van der Waals surface area (Å²) in [4.78, 5) is 0. The molecule has 0 aliphatic heterocycles. The first-order chi connectivity index (χ1) is 12.2. The number of halogens is 1. The van der Waals surface area contributed by atoms with E-state index in [0.29, 0.717) is 31.4 Å². The van der Waals surface area contributed by atoms with Gasteiger partial charge in [-0.15, -0.1) is 0 Å². The molecule has 0 radical (unpaired) electrons. The molecular formula is C20H26ClNO3. The molecule has 0 aromatic heterocycles. The van der Waals surface area contributed by atoms with Gasteiger partial charge in [0, 0.05) is 24.0 Å². The van der Waals surface area contributed by atoms with Gasteiger partial charge in [0.1, 0.15) is 12.4 Å². The van der Waals surface area contributed by atoms with E-state index in [1.807, 2.05) is 43.3 Å². The summed E-state index contributed by atoms with van der Waals surface area (Å²) in [5, 5.41) is 12.8. The fourth-order valence-corrected chi connectivity index (χ4v) is 2.59. The highest BCUT2D eigenvalue weighted by atomic mass is 35.5. The number of hydrogen-bond acceptors (Lipinski definition) is 4. The Morgan fingerprint density at radius 2 is 1.88 bits per heavy atom. The standard InChI is InChI=1S/C20H26ClNO3/c1-16(15-23)22-9-10-24-11-12-25-20-8-7-19(21)14-18(20)13-17-5-3-2-4-6-17/h2-8,14,16,22-23H,9-13,15H2,1H3/t16-/m0/s1. The molecule has 2 aromatic rings. The fraction of sp³-hybridized carbons (Fsp3) is 0.400. The minimum absolute atomic E-state index is 0.0921. The Balaban J connectivity index is 1.78. The van der Waals surface area contributed by atoms with Gasteiger partial charge in [0.15, 0.2) is 0 Å². The van der Waals surface area contributed by atoms with Crippen molar-refractivity contribution < 1.29 is 14.6 Å². The summed E-state index contributed by atoms with van der Waals surface area (Å²) in [6.45, 7) is 4.36. The molecule has 0 spiro atoms. The average Bonchev–Trinajstić information content (AvgIpc) is 2.63. The zero-order valence-electron chi connectivity index (χ0n) is 14.6. The van der Waals surface area contributed by atoms with Gasteiger partial charge in [-0.25, -0.2) is 0 Å². The molecular weight excluding hydrogens is 338 g/mol. The lowest BCUT2D eigenvalue weighted by atomic mass is 10.0. The highest BCUT2D eigenvalue weighted by molar-refractivity contribution is 6.30. The van der Waals surface area contributed by atoms with Crippen LogP contribution < -0.4 is 10.1 Å². The molecule has 136 valence electrons. The molecule has 2 aromatic carbocycles. The summed E-state index contributed by atoms with van der Waals surface area (Å²) in [5.41, 5.74) is 2.28. The molecule has 0 aliphatic rings. The van der Waals surface area contributed by atoms with Gasteiger partial charge in [0.25, 0.3) is 0 Å². The van der Waals surface area contributed by atoms with Crippen LogP contribution in [0.1, 0.15) is 18.1 Å². The number of aliphatic hydroxyl groups excluding tert-OH is 1. The van der Waals surface area contributed by atoms with Crippen molar-refractivity contribution in [3.8, 4) is 5.75 Å². The molecule has 0 bridgehead atoms. The highest BCUT2D eigenvalue weighted by Crippen LogP contribution is 2.25. The molecule has 0 unspecified atom stereocenters. The third-order valence-electron chi connectivity index (χ3n) is 3.76. The van der Waals surface area contributed by atoms with Crippen LogP contribution in [0.2, 0.25) is 5.02 Å². The van der Waals surface area contributed by atoms with Gasteiger partial charge in [-0.05, 0) is 36.2 Å². The third-order valence-corrected chi connectivity index (χ3v) is 3.99. The van der Waals surface area contributed by atoms with Crippen LogP contribution >= 0.6 is 11.6 Å². The van der Waals surface area contributed by atoms with Gasteiger partial charge in [0.2, 0.25) is 0 Å². The van der Waals surface area contributed by atoms with Crippen LogP contribution in [0.4, 0.5) is 0 Å². The fourth-order valence-electron chi connectivity index (χ4n) is 2.40. The molecule has 2 N–H and O–H groups in total.